The fraction of sp³-hybridized carbons (Fsp3) is 0.303. The predicted molar refractivity (Wildman–Crippen MR) is 152 cm³/mol. The zero-order chi connectivity index (χ0) is 29.0. The van der Waals surface area contributed by atoms with Crippen molar-refractivity contribution in [1.82, 2.24) is 14.9 Å². The number of carboxylic acid groups (broad SMARTS) is 1. The van der Waals surface area contributed by atoms with Crippen molar-refractivity contribution in [2.75, 3.05) is 20.2 Å². The summed E-state index contributed by atoms with van der Waals surface area (Å²) in [6, 6.07) is 13.7. The normalized spacial score (nSPS) is 17.5. The lowest BCUT2D eigenvalue weighted by Crippen LogP contribution is -2.52. The summed E-state index contributed by atoms with van der Waals surface area (Å²) in [6.07, 6.45) is 6.69. The molecule has 2 aromatic carbocycles. The average Bonchev–Trinajstić information content (AvgIpc) is 3.86. The fourth-order valence-corrected chi connectivity index (χ4v) is 6.19. The molecule has 0 bridgehead atoms. The van der Waals surface area contributed by atoms with Gasteiger partial charge >= 0.3 is 0 Å². The van der Waals surface area contributed by atoms with Crippen LogP contribution in [0, 0.1) is 0 Å². The summed E-state index contributed by atoms with van der Waals surface area (Å²) in [5.74, 6) is 0.171. The van der Waals surface area contributed by atoms with E-state index in [1.807, 2.05) is 17.0 Å². The first kappa shape index (κ1) is 26.1. The zero-order valence-electron chi connectivity index (χ0n) is 23.1. The lowest BCUT2D eigenvalue weighted by atomic mass is 9.82. The Kier molecular flexibility index (Phi) is 6.18. The number of Topliss-reactive ketones (excluding diaryl/α,β-unsaturated/α-hetero) is 1. The first-order valence-electron chi connectivity index (χ1n) is 14.1. The topological polar surface area (TPSA) is 122 Å². The number of aromatic carboxylic acids is 1. The summed E-state index contributed by atoms with van der Waals surface area (Å²) >= 11 is 0. The van der Waals surface area contributed by atoms with Crippen LogP contribution in [0.2, 0.25) is 0 Å². The number of carbonyl (C=O) groups excluding carboxylic acids is 3. The van der Waals surface area contributed by atoms with Crippen molar-refractivity contribution in [2.24, 2.45) is 0 Å². The van der Waals surface area contributed by atoms with Crippen molar-refractivity contribution in [3.8, 4) is 22.8 Å². The monoisotopic (exact) mass is 562 g/mol. The largest absolute Gasteiger partial charge is 0.545 e. The number of carbonyl (C=O) groups is 3. The number of piperidine rings is 1. The fourth-order valence-electron chi connectivity index (χ4n) is 6.19. The third-order valence-corrected chi connectivity index (χ3v) is 8.65. The van der Waals surface area contributed by atoms with E-state index in [1.54, 1.807) is 37.6 Å². The van der Waals surface area contributed by atoms with Crippen LogP contribution in [0.1, 0.15) is 74.8 Å². The van der Waals surface area contributed by atoms with Crippen LogP contribution in [0.3, 0.4) is 0 Å². The van der Waals surface area contributed by atoms with E-state index in [1.165, 1.54) is 18.3 Å². The Labute approximate surface area is 242 Å². The van der Waals surface area contributed by atoms with E-state index in [-0.39, 0.29) is 23.7 Å². The molecule has 1 aliphatic carbocycles. The molecule has 1 amide bonds. The summed E-state index contributed by atoms with van der Waals surface area (Å²) in [4.78, 5) is 49.0. The number of carboxylic acids is 1. The quantitative estimate of drug-likeness (QED) is 0.355. The van der Waals surface area contributed by atoms with Crippen LogP contribution in [-0.4, -0.2) is 58.3 Å². The molecule has 42 heavy (non-hydrogen) atoms. The smallest absolute Gasteiger partial charge is 0.254 e. The molecule has 1 saturated heterocycles. The van der Waals surface area contributed by atoms with Crippen molar-refractivity contribution >= 4 is 28.4 Å². The number of likely N-dealkylation sites (tertiary alicyclic amines) is 1. The lowest BCUT2D eigenvalue weighted by Gasteiger charge is -2.44. The number of ether oxygens (including phenoxy) is 2. The van der Waals surface area contributed by atoms with E-state index < -0.39 is 11.6 Å². The van der Waals surface area contributed by atoms with Gasteiger partial charge in [-0.2, -0.15) is 0 Å². The Bertz CT molecular complexity index is 1770. The molecule has 0 unspecified atom stereocenters. The van der Waals surface area contributed by atoms with Gasteiger partial charge in [0.1, 0.15) is 17.1 Å². The summed E-state index contributed by atoms with van der Waals surface area (Å²) in [7, 11) is 1.62. The third-order valence-electron chi connectivity index (χ3n) is 8.65. The SMILES string of the molecule is COc1cc(C(=O)N2CCC3(CC2)CC(=O)c2cc(-c4cc(C(=O)[O-])ccn4)ccc2O3)cc2c(C3CC3)nccc12. The summed E-state index contributed by atoms with van der Waals surface area (Å²) < 4.78 is 12.1. The van der Waals surface area contributed by atoms with Gasteiger partial charge in [-0.15, -0.1) is 0 Å². The van der Waals surface area contributed by atoms with E-state index in [4.69, 9.17) is 9.47 Å². The Morgan fingerprint density at radius 3 is 2.50 bits per heavy atom. The average molecular weight is 563 g/mol. The summed E-state index contributed by atoms with van der Waals surface area (Å²) in [6.45, 7) is 0.921. The van der Waals surface area contributed by atoms with Gasteiger partial charge in [-0.1, -0.05) is 0 Å². The van der Waals surface area contributed by atoms with Crippen LogP contribution in [-0.2, 0) is 0 Å². The van der Waals surface area contributed by atoms with Crippen LogP contribution in [0.5, 0.6) is 11.5 Å². The molecule has 9 heteroatoms. The van der Waals surface area contributed by atoms with Gasteiger partial charge in [0.2, 0.25) is 0 Å². The second-order valence-corrected chi connectivity index (χ2v) is 11.3. The molecule has 0 atom stereocenters. The van der Waals surface area contributed by atoms with Crippen molar-refractivity contribution < 1.29 is 29.0 Å². The standard InChI is InChI=1S/C33H29N3O6/c1-41-29-17-22(15-24-23(29)7-11-35-30(24)19-2-3-19)31(38)36-12-8-33(9-13-36)18-27(37)25-14-20(4-5-28(25)42-33)26-16-21(32(39)40)6-10-34-26/h4-7,10-11,14-17,19H,2-3,8-9,12-13,18H2,1H3,(H,39,40)/p-1. The number of pyridine rings is 2. The van der Waals surface area contributed by atoms with Crippen LogP contribution < -0.4 is 14.6 Å². The second-order valence-electron chi connectivity index (χ2n) is 11.3. The van der Waals surface area contributed by atoms with Crippen molar-refractivity contribution in [3.63, 3.8) is 0 Å². The number of hydrogen-bond donors (Lipinski definition) is 0. The Morgan fingerprint density at radius 1 is 0.976 bits per heavy atom. The number of amides is 1. The highest BCUT2D eigenvalue weighted by atomic mass is 16.5. The van der Waals surface area contributed by atoms with Gasteiger partial charge in [0.15, 0.2) is 5.78 Å². The zero-order valence-corrected chi connectivity index (χ0v) is 23.1. The van der Waals surface area contributed by atoms with Crippen LogP contribution >= 0.6 is 0 Å². The molecule has 2 aliphatic heterocycles. The number of methoxy groups -OCH3 is 1. The third kappa shape index (κ3) is 4.55. The maximum absolute atomic E-state index is 13.7. The van der Waals surface area contributed by atoms with Crippen LogP contribution in [0.15, 0.2) is 60.9 Å². The number of nitrogens with zero attached hydrogens (tertiary/aromatic N) is 3. The number of benzene rings is 2. The molecule has 0 radical (unpaired) electrons. The molecule has 9 nitrogen and oxygen atoms in total. The van der Waals surface area contributed by atoms with Gasteiger partial charge in [0.05, 0.1) is 36.5 Å². The molecule has 212 valence electrons. The first-order chi connectivity index (χ1) is 20.3. The summed E-state index contributed by atoms with van der Waals surface area (Å²) in [5.41, 5.74) is 2.43. The Morgan fingerprint density at radius 2 is 1.76 bits per heavy atom. The molecule has 2 fully saturated rings. The van der Waals surface area contributed by atoms with Gasteiger partial charge in [0, 0.05) is 71.7 Å². The number of hydrogen-bond acceptors (Lipinski definition) is 8. The molecule has 2 aromatic heterocycles. The minimum Gasteiger partial charge on any atom is -0.545 e. The minimum absolute atomic E-state index is 0.0164. The molecule has 3 aliphatic rings. The lowest BCUT2D eigenvalue weighted by molar-refractivity contribution is -0.255. The predicted octanol–water partition coefficient (Wildman–Crippen LogP) is 4.19. The maximum atomic E-state index is 13.7. The second kappa shape index (κ2) is 9.94. The number of fused-ring (bicyclic) bond motifs is 2. The van der Waals surface area contributed by atoms with Crippen molar-refractivity contribution in [2.45, 2.75) is 43.6 Å². The Balaban J connectivity index is 1.10. The van der Waals surface area contributed by atoms with Gasteiger partial charge in [-0.05, 0) is 61.4 Å². The van der Waals surface area contributed by atoms with E-state index in [2.05, 4.69) is 9.97 Å². The molecular weight excluding hydrogens is 534 g/mol. The molecule has 1 spiro atoms. The van der Waals surface area contributed by atoms with Crippen molar-refractivity contribution in [3.05, 3.63) is 83.3 Å². The first-order valence-corrected chi connectivity index (χ1v) is 14.1. The van der Waals surface area contributed by atoms with E-state index in [0.717, 1.165) is 29.3 Å². The highest BCUT2D eigenvalue weighted by molar-refractivity contribution is 6.03. The molecule has 1 saturated carbocycles. The van der Waals surface area contributed by atoms with Crippen LogP contribution in [0.25, 0.3) is 22.0 Å². The van der Waals surface area contributed by atoms with Gasteiger partial charge in [0.25, 0.3) is 5.91 Å². The molecule has 4 heterocycles. The van der Waals surface area contributed by atoms with Crippen LogP contribution in [0.4, 0.5) is 0 Å². The minimum atomic E-state index is -1.29. The van der Waals surface area contributed by atoms with Gasteiger partial charge in [-0.25, -0.2) is 0 Å². The van der Waals surface area contributed by atoms with Gasteiger partial charge < -0.3 is 24.3 Å². The Hall–Kier alpha value is -4.79. The molecular formula is C33H28N3O6-. The highest BCUT2D eigenvalue weighted by Gasteiger charge is 2.44. The maximum Gasteiger partial charge on any atom is 0.254 e. The van der Waals surface area contributed by atoms with Crippen molar-refractivity contribution in [1.29, 1.82) is 0 Å². The number of rotatable bonds is 5. The van der Waals surface area contributed by atoms with E-state index >= 15 is 0 Å². The number of aromatic nitrogens is 2. The van der Waals surface area contributed by atoms with E-state index in [0.29, 0.717) is 65.7 Å². The molecule has 4 aromatic rings. The highest BCUT2D eigenvalue weighted by Crippen LogP contribution is 2.44. The summed E-state index contributed by atoms with van der Waals surface area (Å²) in [5, 5.41) is 13.2. The molecule has 0 N–H and O–H groups in total. The van der Waals surface area contributed by atoms with Gasteiger partial charge in [-0.3, -0.25) is 19.6 Å². The molecule has 7 rings (SSSR count). The number of ketones is 1. The van der Waals surface area contributed by atoms with E-state index in [9.17, 15) is 19.5 Å².